The maximum atomic E-state index is 14.1. The fourth-order valence-corrected chi connectivity index (χ4v) is 1.92. The minimum Gasteiger partial charge on any atom is -0.239 e. The third-order valence-electron chi connectivity index (χ3n) is 2.76. The van der Waals surface area contributed by atoms with Crippen molar-refractivity contribution in [2.75, 3.05) is 0 Å². The molecule has 0 fully saturated rings. The van der Waals surface area contributed by atoms with Crippen LogP contribution in [0.15, 0.2) is 42.5 Å². The Balaban J connectivity index is 2.64. The molecule has 0 nitrogen and oxygen atoms in total. The van der Waals surface area contributed by atoms with E-state index in [-0.39, 0.29) is 5.56 Å². The number of rotatable bonds is 2. The van der Waals surface area contributed by atoms with Crippen LogP contribution in [0.1, 0.15) is 19.4 Å². The Hall–Kier alpha value is -1.77. The van der Waals surface area contributed by atoms with Gasteiger partial charge in [-0.15, -0.1) is 0 Å². The fraction of sp³-hybridized carbons (Fsp3) is 0.200. The van der Waals surface area contributed by atoms with Crippen LogP contribution in [0, 0.1) is 11.6 Å². The van der Waals surface area contributed by atoms with Crippen LogP contribution in [-0.2, 0) is 5.67 Å². The predicted molar refractivity (Wildman–Crippen MR) is 65.9 cm³/mol. The van der Waals surface area contributed by atoms with Crippen LogP contribution < -0.4 is 0 Å². The lowest BCUT2D eigenvalue weighted by Crippen LogP contribution is -2.11. The maximum Gasteiger partial charge on any atom is 0.131 e. The highest BCUT2D eigenvalue weighted by molar-refractivity contribution is 5.68. The standard InChI is InChI=1S/C15H13F3/c1-15(2,18)14-9-12(17)6-7-13(14)10-4-3-5-11(16)8-10/h3-9H,1-2H3. The molecule has 2 rings (SSSR count). The maximum absolute atomic E-state index is 14.1. The Morgan fingerprint density at radius 3 is 2.17 bits per heavy atom. The second-order valence-corrected chi connectivity index (χ2v) is 4.67. The lowest BCUT2D eigenvalue weighted by molar-refractivity contribution is 0.221. The molecule has 94 valence electrons. The molecule has 0 unspecified atom stereocenters. The summed E-state index contributed by atoms with van der Waals surface area (Å²) < 4.78 is 40.5. The van der Waals surface area contributed by atoms with E-state index in [1.165, 1.54) is 38.1 Å². The number of hydrogen-bond donors (Lipinski definition) is 0. The molecule has 0 aliphatic rings. The molecule has 0 aliphatic heterocycles. The van der Waals surface area contributed by atoms with Crippen LogP contribution in [-0.4, -0.2) is 0 Å². The molecule has 0 saturated heterocycles. The van der Waals surface area contributed by atoms with Gasteiger partial charge in [-0.1, -0.05) is 18.2 Å². The average Bonchev–Trinajstić information content (AvgIpc) is 2.27. The summed E-state index contributed by atoms with van der Waals surface area (Å²) in [4.78, 5) is 0. The topological polar surface area (TPSA) is 0 Å². The van der Waals surface area contributed by atoms with Gasteiger partial charge >= 0.3 is 0 Å². The molecular weight excluding hydrogens is 237 g/mol. The molecule has 2 aromatic rings. The predicted octanol–water partition coefficient (Wildman–Crippen LogP) is 4.84. The first kappa shape index (κ1) is 12.7. The second-order valence-electron chi connectivity index (χ2n) is 4.67. The van der Waals surface area contributed by atoms with Crippen LogP contribution in [0.2, 0.25) is 0 Å². The van der Waals surface area contributed by atoms with E-state index in [1.807, 2.05) is 0 Å². The zero-order valence-electron chi connectivity index (χ0n) is 10.2. The summed E-state index contributed by atoms with van der Waals surface area (Å²) in [6, 6.07) is 9.71. The highest BCUT2D eigenvalue weighted by Crippen LogP contribution is 2.34. The molecule has 0 heterocycles. The van der Waals surface area contributed by atoms with Crippen molar-refractivity contribution in [1.29, 1.82) is 0 Å². The molecule has 0 atom stereocenters. The summed E-state index contributed by atoms with van der Waals surface area (Å²) >= 11 is 0. The van der Waals surface area contributed by atoms with E-state index in [0.717, 1.165) is 6.07 Å². The zero-order chi connectivity index (χ0) is 13.3. The quantitative estimate of drug-likeness (QED) is 0.715. The fourth-order valence-electron chi connectivity index (χ4n) is 1.92. The average molecular weight is 250 g/mol. The molecule has 0 N–H and O–H groups in total. The van der Waals surface area contributed by atoms with Gasteiger partial charge in [0.1, 0.15) is 17.3 Å². The highest BCUT2D eigenvalue weighted by Gasteiger charge is 2.23. The molecule has 0 spiro atoms. The lowest BCUT2D eigenvalue weighted by atomic mass is 9.90. The molecule has 0 aromatic heterocycles. The van der Waals surface area contributed by atoms with Crippen molar-refractivity contribution >= 4 is 0 Å². The summed E-state index contributed by atoms with van der Waals surface area (Å²) in [7, 11) is 0. The van der Waals surface area contributed by atoms with Crippen LogP contribution in [0.3, 0.4) is 0 Å². The third-order valence-corrected chi connectivity index (χ3v) is 2.76. The van der Waals surface area contributed by atoms with Gasteiger partial charge in [-0.3, -0.25) is 0 Å². The van der Waals surface area contributed by atoms with Gasteiger partial charge in [0.15, 0.2) is 0 Å². The monoisotopic (exact) mass is 250 g/mol. The molecular formula is C15H13F3. The van der Waals surface area contributed by atoms with E-state index in [9.17, 15) is 13.2 Å². The van der Waals surface area contributed by atoms with E-state index in [4.69, 9.17) is 0 Å². The van der Waals surface area contributed by atoms with Crippen molar-refractivity contribution in [3.05, 3.63) is 59.7 Å². The normalized spacial score (nSPS) is 11.6. The Morgan fingerprint density at radius 2 is 1.56 bits per heavy atom. The van der Waals surface area contributed by atoms with Gasteiger partial charge in [0, 0.05) is 0 Å². The van der Waals surface area contributed by atoms with Crippen molar-refractivity contribution in [1.82, 2.24) is 0 Å². The molecule has 2 aromatic carbocycles. The van der Waals surface area contributed by atoms with Crippen molar-refractivity contribution < 1.29 is 13.2 Å². The van der Waals surface area contributed by atoms with Crippen LogP contribution in [0.25, 0.3) is 11.1 Å². The zero-order valence-corrected chi connectivity index (χ0v) is 10.2. The van der Waals surface area contributed by atoms with Gasteiger partial charge in [0.25, 0.3) is 0 Å². The van der Waals surface area contributed by atoms with E-state index in [1.54, 1.807) is 12.1 Å². The summed E-state index contributed by atoms with van der Waals surface area (Å²) in [5, 5.41) is 0. The van der Waals surface area contributed by atoms with E-state index in [2.05, 4.69) is 0 Å². The van der Waals surface area contributed by atoms with Crippen molar-refractivity contribution in [3.8, 4) is 11.1 Å². The van der Waals surface area contributed by atoms with Crippen LogP contribution >= 0.6 is 0 Å². The number of benzene rings is 2. The molecule has 3 heteroatoms. The SMILES string of the molecule is CC(C)(F)c1cc(F)ccc1-c1cccc(F)c1. The molecule has 0 radical (unpaired) electrons. The minimum absolute atomic E-state index is 0.216. The van der Waals surface area contributed by atoms with Gasteiger partial charge in [-0.2, -0.15) is 0 Å². The van der Waals surface area contributed by atoms with E-state index < -0.39 is 17.3 Å². The first-order valence-corrected chi connectivity index (χ1v) is 5.63. The Kier molecular flexibility index (Phi) is 3.16. The first-order chi connectivity index (χ1) is 8.38. The number of hydrogen-bond acceptors (Lipinski definition) is 0. The van der Waals surface area contributed by atoms with E-state index in [0.29, 0.717) is 11.1 Å². The first-order valence-electron chi connectivity index (χ1n) is 5.63. The molecule has 18 heavy (non-hydrogen) atoms. The van der Waals surface area contributed by atoms with Gasteiger partial charge in [-0.05, 0) is 54.8 Å². The summed E-state index contributed by atoms with van der Waals surface area (Å²) in [5.41, 5.74) is -0.434. The van der Waals surface area contributed by atoms with Crippen LogP contribution in [0.5, 0.6) is 0 Å². The highest BCUT2D eigenvalue weighted by atomic mass is 19.1. The number of halogens is 3. The summed E-state index contributed by atoms with van der Waals surface area (Å²) in [6.07, 6.45) is 0. The summed E-state index contributed by atoms with van der Waals surface area (Å²) in [6.45, 7) is 2.70. The van der Waals surface area contributed by atoms with Gasteiger partial charge in [-0.25, -0.2) is 13.2 Å². The number of alkyl halides is 1. The van der Waals surface area contributed by atoms with Crippen LogP contribution in [0.4, 0.5) is 13.2 Å². The molecule has 0 amide bonds. The van der Waals surface area contributed by atoms with Gasteiger partial charge in [0.2, 0.25) is 0 Å². The Morgan fingerprint density at radius 1 is 0.889 bits per heavy atom. The van der Waals surface area contributed by atoms with Gasteiger partial charge in [0.05, 0.1) is 0 Å². The lowest BCUT2D eigenvalue weighted by Gasteiger charge is -2.19. The smallest absolute Gasteiger partial charge is 0.131 e. The van der Waals surface area contributed by atoms with Gasteiger partial charge < -0.3 is 0 Å². The molecule has 0 bridgehead atoms. The largest absolute Gasteiger partial charge is 0.239 e. The third kappa shape index (κ3) is 2.55. The second kappa shape index (κ2) is 4.48. The van der Waals surface area contributed by atoms with Crippen molar-refractivity contribution in [2.45, 2.75) is 19.5 Å². The Bertz CT molecular complexity index is 568. The van der Waals surface area contributed by atoms with E-state index >= 15 is 0 Å². The summed E-state index contributed by atoms with van der Waals surface area (Å²) in [5.74, 6) is -0.907. The van der Waals surface area contributed by atoms with Crippen molar-refractivity contribution in [3.63, 3.8) is 0 Å². The van der Waals surface area contributed by atoms with Crippen molar-refractivity contribution in [2.24, 2.45) is 0 Å². The molecule has 0 saturated carbocycles. The Labute approximate surface area is 104 Å². The minimum atomic E-state index is -1.69. The molecule has 0 aliphatic carbocycles.